The van der Waals surface area contributed by atoms with Crippen LogP contribution >= 0.6 is 27.7 Å². The van der Waals surface area contributed by atoms with Crippen LogP contribution in [0.1, 0.15) is 11.1 Å². The second kappa shape index (κ2) is 6.22. The Morgan fingerprint density at radius 1 is 1.24 bits per heavy atom. The van der Waals surface area contributed by atoms with Crippen LogP contribution < -0.4 is 5.32 Å². The summed E-state index contributed by atoms with van der Waals surface area (Å²) >= 11 is 5.19. The van der Waals surface area contributed by atoms with Gasteiger partial charge in [0.25, 0.3) is 0 Å². The largest absolute Gasteiger partial charge is 0.333 e. The molecule has 0 aliphatic carbocycles. The number of benzene rings is 2. The lowest BCUT2D eigenvalue weighted by Crippen LogP contribution is -2.06. The molecule has 0 aliphatic rings. The Hall–Kier alpha value is -1.30. The third kappa shape index (κ3) is 3.31. The molecule has 0 atom stereocenters. The van der Waals surface area contributed by atoms with Crippen molar-refractivity contribution in [3.63, 3.8) is 0 Å². The fourth-order valence-electron chi connectivity index (χ4n) is 2.23. The van der Waals surface area contributed by atoms with Gasteiger partial charge in [0.2, 0.25) is 0 Å². The molecule has 0 saturated carbocycles. The number of aryl methyl sites for hydroxylation is 1. The first kappa shape index (κ1) is 14.6. The van der Waals surface area contributed by atoms with Crippen LogP contribution in [0.5, 0.6) is 0 Å². The van der Waals surface area contributed by atoms with Crippen molar-refractivity contribution < 1.29 is 0 Å². The van der Waals surface area contributed by atoms with Crippen LogP contribution in [0.15, 0.2) is 50.9 Å². The molecule has 0 bridgehead atoms. The van der Waals surface area contributed by atoms with Crippen LogP contribution in [0.4, 0.5) is 0 Å². The van der Waals surface area contributed by atoms with E-state index in [1.165, 1.54) is 16.0 Å². The number of nitrogens with zero attached hydrogens (tertiary/aromatic N) is 1. The summed E-state index contributed by atoms with van der Waals surface area (Å²) in [5.41, 5.74) is 4.59. The van der Waals surface area contributed by atoms with Gasteiger partial charge in [-0.05, 0) is 55.4 Å². The molecule has 0 fully saturated rings. The van der Waals surface area contributed by atoms with Crippen molar-refractivity contribution in [1.82, 2.24) is 15.3 Å². The highest BCUT2D eigenvalue weighted by Crippen LogP contribution is 2.31. The van der Waals surface area contributed by atoms with Crippen molar-refractivity contribution in [2.45, 2.75) is 23.5 Å². The molecule has 0 amide bonds. The average molecular weight is 362 g/mol. The molecule has 3 rings (SSSR count). The highest BCUT2D eigenvalue weighted by atomic mass is 79.9. The quantitative estimate of drug-likeness (QED) is 0.718. The van der Waals surface area contributed by atoms with E-state index in [0.29, 0.717) is 0 Å². The summed E-state index contributed by atoms with van der Waals surface area (Å²) in [6.07, 6.45) is 0. The van der Waals surface area contributed by atoms with Gasteiger partial charge in [-0.2, -0.15) is 0 Å². The molecule has 1 aromatic heterocycles. The summed E-state index contributed by atoms with van der Waals surface area (Å²) in [7, 11) is 1.96. The summed E-state index contributed by atoms with van der Waals surface area (Å²) in [5.74, 6) is 0. The van der Waals surface area contributed by atoms with Crippen molar-refractivity contribution in [2.24, 2.45) is 0 Å². The first-order chi connectivity index (χ1) is 10.2. The van der Waals surface area contributed by atoms with Crippen molar-refractivity contribution in [3.8, 4) is 0 Å². The van der Waals surface area contributed by atoms with Crippen LogP contribution in [-0.2, 0) is 6.54 Å². The van der Waals surface area contributed by atoms with E-state index in [9.17, 15) is 0 Å². The van der Waals surface area contributed by atoms with E-state index in [1.807, 2.05) is 7.05 Å². The Morgan fingerprint density at radius 3 is 2.90 bits per heavy atom. The van der Waals surface area contributed by atoms with Gasteiger partial charge in [-0.3, -0.25) is 0 Å². The lowest BCUT2D eigenvalue weighted by molar-refractivity contribution is 0.802. The zero-order valence-electron chi connectivity index (χ0n) is 11.9. The van der Waals surface area contributed by atoms with Crippen LogP contribution in [-0.4, -0.2) is 17.0 Å². The minimum atomic E-state index is 0.834. The Morgan fingerprint density at radius 2 is 2.10 bits per heavy atom. The highest BCUT2D eigenvalue weighted by molar-refractivity contribution is 9.10. The Balaban J connectivity index is 1.94. The van der Waals surface area contributed by atoms with Gasteiger partial charge in [-0.25, -0.2) is 4.98 Å². The van der Waals surface area contributed by atoms with Crippen molar-refractivity contribution in [2.75, 3.05) is 7.05 Å². The maximum atomic E-state index is 4.65. The molecule has 5 heteroatoms. The number of fused-ring (bicyclic) bond motifs is 1. The van der Waals surface area contributed by atoms with Crippen molar-refractivity contribution in [3.05, 3.63) is 52.0 Å². The number of hydrogen-bond donors (Lipinski definition) is 2. The summed E-state index contributed by atoms with van der Waals surface area (Å²) < 4.78 is 1.09. The molecule has 3 nitrogen and oxygen atoms in total. The van der Waals surface area contributed by atoms with Gasteiger partial charge in [0.1, 0.15) is 0 Å². The first-order valence-electron chi connectivity index (χ1n) is 6.73. The number of hydrogen-bond acceptors (Lipinski definition) is 3. The van der Waals surface area contributed by atoms with Gasteiger partial charge in [0.05, 0.1) is 11.0 Å². The SMILES string of the molecule is CNCc1cc(Br)ccc1Sc1nc2ccc(C)cc2[nH]1. The third-order valence-corrected chi connectivity index (χ3v) is 4.71. The van der Waals surface area contributed by atoms with Gasteiger partial charge >= 0.3 is 0 Å². The van der Waals surface area contributed by atoms with Gasteiger partial charge in [-0.1, -0.05) is 33.8 Å². The molecule has 0 spiro atoms. The zero-order chi connectivity index (χ0) is 14.8. The zero-order valence-corrected chi connectivity index (χ0v) is 14.3. The van der Waals surface area contributed by atoms with Crippen molar-refractivity contribution >= 4 is 38.7 Å². The number of rotatable bonds is 4. The molecular weight excluding hydrogens is 346 g/mol. The number of nitrogens with one attached hydrogen (secondary N) is 2. The number of aromatic amines is 1. The van der Waals surface area contributed by atoms with Gasteiger partial charge in [-0.15, -0.1) is 0 Å². The minimum absolute atomic E-state index is 0.834. The molecule has 0 aliphatic heterocycles. The van der Waals surface area contributed by atoms with E-state index >= 15 is 0 Å². The van der Waals surface area contributed by atoms with Crippen molar-refractivity contribution in [1.29, 1.82) is 0 Å². The van der Waals surface area contributed by atoms with Crippen LogP contribution in [0, 0.1) is 6.92 Å². The second-order valence-corrected chi connectivity index (χ2v) is 6.89. The highest BCUT2D eigenvalue weighted by Gasteiger charge is 2.09. The number of halogens is 1. The minimum Gasteiger partial charge on any atom is -0.333 e. The van der Waals surface area contributed by atoms with Crippen LogP contribution in [0.3, 0.4) is 0 Å². The van der Waals surface area contributed by atoms with E-state index in [0.717, 1.165) is 27.2 Å². The molecule has 108 valence electrons. The fraction of sp³-hybridized carbons (Fsp3) is 0.188. The topological polar surface area (TPSA) is 40.7 Å². The molecular formula is C16H16BrN3S. The van der Waals surface area contributed by atoms with Crippen LogP contribution in [0.2, 0.25) is 0 Å². The van der Waals surface area contributed by atoms with Crippen LogP contribution in [0.25, 0.3) is 11.0 Å². The maximum Gasteiger partial charge on any atom is 0.171 e. The van der Waals surface area contributed by atoms with E-state index in [4.69, 9.17) is 0 Å². The molecule has 1 heterocycles. The normalized spacial score (nSPS) is 11.2. The summed E-state index contributed by atoms with van der Waals surface area (Å²) in [6.45, 7) is 2.92. The summed E-state index contributed by atoms with van der Waals surface area (Å²) in [5, 5.41) is 4.13. The molecule has 2 N–H and O–H groups in total. The standard InChI is InChI=1S/C16H16BrN3S/c1-10-3-5-13-14(7-10)20-16(19-13)21-15-6-4-12(17)8-11(15)9-18-2/h3-8,18H,9H2,1-2H3,(H,19,20). The van der Waals surface area contributed by atoms with Gasteiger partial charge in [0.15, 0.2) is 5.16 Å². The number of aromatic nitrogens is 2. The number of H-pyrrole nitrogens is 1. The molecule has 0 unspecified atom stereocenters. The smallest absolute Gasteiger partial charge is 0.171 e. The van der Waals surface area contributed by atoms with E-state index in [2.05, 4.69) is 74.5 Å². The Kier molecular flexibility index (Phi) is 4.33. The molecule has 2 aromatic carbocycles. The Labute approximate surface area is 136 Å². The Bertz CT molecular complexity index is 782. The van der Waals surface area contributed by atoms with Gasteiger partial charge < -0.3 is 10.3 Å². The monoisotopic (exact) mass is 361 g/mol. The molecule has 0 saturated heterocycles. The third-order valence-electron chi connectivity index (χ3n) is 3.21. The predicted molar refractivity (Wildman–Crippen MR) is 91.9 cm³/mol. The molecule has 0 radical (unpaired) electrons. The predicted octanol–water partition coefficient (Wildman–Crippen LogP) is 4.50. The fourth-order valence-corrected chi connectivity index (χ4v) is 3.55. The lowest BCUT2D eigenvalue weighted by Gasteiger charge is -2.07. The summed E-state index contributed by atoms with van der Waals surface area (Å²) in [6, 6.07) is 12.6. The second-order valence-electron chi connectivity index (χ2n) is 4.95. The first-order valence-corrected chi connectivity index (χ1v) is 8.34. The molecule has 21 heavy (non-hydrogen) atoms. The number of imidazole rings is 1. The maximum absolute atomic E-state index is 4.65. The summed E-state index contributed by atoms with van der Waals surface area (Å²) in [4.78, 5) is 9.25. The van der Waals surface area contributed by atoms with E-state index < -0.39 is 0 Å². The lowest BCUT2D eigenvalue weighted by atomic mass is 10.2. The van der Waals surface area contributed by atoms with Gasteiger partial charge in [0, 0.05) is 15.9 Å². The van der Waals surface area contributed by atoms with E-state index in [-0.39, 0.29) is 0 Å². The average Bonchev–Trinajstić information content (AvgIpc) is 2.83. The van der Waals surface area contributed by atoms with E-state index in [1.54, 1.807) is 11.8 Å². The molecule has 3 aromatic rings.